The Morgan fingerprint density at radius 2 is 2.21 bits per heavy atom. The number of aldehydes is 1. The Labute approximate surface area is 143 Å². The van der Waals surface area contributed by atoms with E-state index >= 15 is 0 Å². The van der Waals surface area contributed by atoms with Crippen molar-refractivity contribution in [3.8, 4) is 0 Å². The molecular formula is C20H25NO3. The van der Waals surface area contributed by atoms with Crippen LogP contribution in [0.4, 0.5) is 0 Å². The number of benzene rings is 1. The van der Waals surface area contributed by atoms with Crippen molar-refractivity contribution in [2.75, 3.05) is 13.7 Å². The number of allylic oxidation sites excluding steroid dienone is 2. The highest BCUT2D eigenvalue weighted by Gasteiger charge is 2.39. The molecule has 0 N–H and O–H groups in total. The van der Waals surface area contributed by atoms with Gasteiger partial charge >= 0.3 is 0 Å². The van der Waals surface area contributed by atoms with E-state index in [1.807, 2.05) is 0 Å². The predicted molar refractivity (Wildman–Crippen MR) is 92.6 cm³/mol. The molecule has 2 unspecified atom stereocenters. The Morgan fingerprint density at radius 3 is 3.00 bits per heavy atom. The van der Waals surface area contributed by atoms with Gasteiger partial charge in [0.15, 0.2) is 6.29 Å². The summed E-state index contributed by atoms with van der Waals surface area (Å²) in [6, 6.07) is 6.79. The van der Waals surface area contributed by atoms with Crippen LogP contribution in [0.25, 0.3) is 0 Å². The smallest absolute Gasteiger partial charge is 0.277 e. The summed E-state index contributed by atoms with van der Waals surface area (Å²) >= 11 is 0. The number of fused-ring (bicyclic) bond motifs is 2. The van der Waals surface area contributed by atoms with E-state index in [-0.39, 0.29) is 5.91 Å². The number of hydrogen-bond donors (Lipinski definition) is 0. The molecule has 1 amide bonds. The van der Waals surface area contributed by atoms with E-state index in [0.717, 1.165) is 18.8 Å². The van der Waals surface area contributed by atoms with Gasteiger partial charge in [0.05, 0.1) is 12.2 Å². The third-order valence-corrected chi connectivity index (χ3v) is 5.34. The predicted octanol–water partition coefficient (Wildman–Crippen LogP) is 4.03. The molecule has 2 atom stereocenters. The maximum Gasteiger partial charge on any atom is 0.277 e. The lowest BCUT2D eigenvalue weighted by molar-refractivity contribution is -0.114. The van der Waals surface area contributed by atoms with Crippen LogP contribution in [0.15, 0.2) is 35.9 Å². The number of hydroxylamine groups is 2. The second kappa shape index (κ2) is 6.89. The van der Waals surface area contributed by atoms with Crippen LogP contribution < -0.4 is 0 Å². The van der Waals surface area contributed by atoms with E-state index < -0.39 is 0 Å². The molecule has 1 fully saturated rings. The van der Waals surface area contributed by atoms with Gasteiger partial charge in [0.1, 0.15) is 0 Å². The molecule has 3 rings (SSSR count). The van der Waals surface area contributed by atoms with Crippen molar-refractivity contribution in [2.45, 2.75) is 39.0 Å². The van der Waals surface area contributed by atoms with Crippen molar-refractivity contribution >= 4 is 12.2 Å². The molecule has 0 radical (unpaired) electrons. The van der Waals surface area contributed by atoms with E-state index in [4.69, 9.17) is 4.84 Å². The van der Waals surface area contributed by atoms with Crippen LogP contribution in [0, 0.1) is 11.3 Å². The normalized spacial score (nSPS) is 25.2. The second-order valence-corrected chi connectivity index (χ2v) is 7.35. The molecule has 1 aromatic carbocycles. The summed E-state index contributed by atoms with van der Waals surface area (Å²) in [6.45, 7) is 2.85. The van der Waals surface area contributed by atoms with E-state index in [1.54, 1.807) is 36.9 Å². The lowest BCUT2D eigenvalue weighted by Crippen LogP contribution is -2.31. The minimum absolute atomic E-state index is 0.280. The molecule has 128 valence electrons. The average Bonchev–Trinajstić information content (AvgIpc) is 2.89. The second-order valence-electron chi connectivity index (χ2n) is 7.35. The molecule has 0 saturated heterocycles. The topological polar surface area (TPSA) is 46.6 Å². The van der Waals surface area contributed by atoms with Crippen molar-refractivity contribution in [1.82, 2.24) is 5.06 Å². The average molecular weight is 327 g/mol. The van der Waals surface area contributed by atoms with Gasteiger partial charge in [-0.2, -0.15) is 0 Å². The van der Waals surface area contributed by atoms with E-state index in [1.165, 1.54) is 24.3 Å². The third kappa shape index (κ3) is 3.44. The zero-order valence-corrected chi connectivity index (χ0v) is 14.5. The molecule has 2 aliphatic carbocycles. The highest BCUT2D eigenvalue weighted by atomic mass is 16.7. The van der Waals surface area contributed by atoms with Gasteiger partial charge in [0.25, 0.3) is 5.91 Å². The molecule has 0 aliphatic heterocycles. The molecule has 4 heteroatoms. The maximum atomic E-state index is 12.4. The van der Waals surface area contributed by atoms with E-state index in [9.17, 15) is 9.59 Å². The molecule has 1 aromatic rings. The van der Waals surface area contributed by atoms with Crippen LogP contribution in [-0.4, -0.2) is 30.9 Å². The lowest BCUT2D eigenvalue weighted by atomic mass is 9.69. The van der Waals surface area contributed by atoms with Crippen LogP contribution in [-0.2, 0) is 4.84 Å². The van der Waals surface area contributed by atoms with Gasteiger partial charge in [-0.15, -0.1) is 0 Å². The van der Waals surface area contributed by atoms with Crippen molar-refractivity contribution in [2.24, 2.45) is 11.3 Å². The first-order valence-electron chi connectivity index (χ1n) is 8.66. The summed E-state index contributed by atoms with van der Waals surface area (Å²) in [4.78, 5) is 29.2. The van der Waals surface area contributed by atoms with Crippen molar-refractivity contribution < 1.29 is 14.4 Å². The molecule has 2 bridgehead atoms. The summed E-state index contributed by atoms with van der Waals surface area (Å²) in [5, 5.41) is 1.26. The Bertz CT molecular complexity index is 667. The largest absolute Gasteiger partial charge is 0.298 e. The maximum absolute atomic E-state index is 12.4. The Kier molecular flexibility index (Phi) is 4.86. The van der Waals surface area contributed by atoms with Crippen LogP contribution in [0.5, 0.6) is 0 Å². The van der Waals surface area contributed by atoms with E-state index in [0.29, 0.717) is 29.4 Å². The lowest BCUT2D eigenvalue weighted by Gasteiger charge is -2.36. The van der Waals surface area contributed by atoms with Crippen LogP contribution in [0.1, 0.15) is 59.7 Å². The first kappa shape index (κ1) is 16.9. The highest BCUT2D eigenvalue weighted by Crippen LogP contribution is 2.51. The Morgan fingerprint density at radius 1 is 1.42 bits per heavy atom. The number of rotatable bonds is 6. The SMILES string of the molecule is CC1CC2=CCC(CCON(C)C(=O)c3ccccc3C=O)(C2)C1. The fourth-order valence-corrected chi connectivity index (χ4v) is 4.27. The molecule has 4 nitrogen and oxygen atoms in total. The molecular weight excluding hydrogens is 302 g/mol. The number of carbonyl (C=O) groups is 2. The molecule has 1 saturated carbocycles. The minimum atomic E-state index is -0.280. The Balaban J connectivity index is 1.55. The van der Waals surface area contributed by atoms with Gasteiger partial charge < -0.3 is 0 Å². The molecule has 2 aliphatic rings. The summed E-state index contributed by atoms with van der Waals surface area (Å²) in [5.41, 5.74) is 2.70. The number of hydrogen-bond acceptors (Lipinski definition) is 3. The monoisotopic (exact) mass is 327 g/mol. The minimum Gasteiger partial charge on any atom is -0.298 e. The third-order valence-electron chi connectivity index (χ3n) is 5.34. The zero-order chi connectivity index (χ0) is 17.2. The van der Waals surface area contributed by atoms with Crippen molar-refractivity contribution in [1.29, 1.82) is 0 Å². The molecule has 0 heterocycles. The van der Waals surface area contributed by atoms with Crippen molar-refractivity contribution in [3.05, 3.63) is 47.0 Å². The number of carbonyl (C=O) groups excluding carboxylic acids is 2. The van der Waals surface area contributed by atoms with Gasteiger partial charge in [-0.05, 0) is 49.5 Å². The summed E-state index contributed by atoms with van der Waals surface area (Å²) in [6.07, 6.45) is 8.87. The first-order valence-corrected chi connectivity index (χ1v) is 8.66. The number of amides is 1. The van der Waals surface area contributed by atoms with Gasteiger partial charge in [-0.3, -0.25) is 14.4 Å². The molecule has 24 heavy (non-hydrogen) atoms. The summed E-state index contributed by atoms with van der Waals surface area (Å²) in [7, 11) is 1.61. The summed E-state index contributed by atoms with van der Waals surface area (Å²) < 4.78 is 0. The van der Waals surface area contributed by atoms with Crippen molar-refractivity contribution in [3.63, 3.8) is 0 Å². The van der Waals surface area contributed by atoms with Crippen LogP contribution >= 0.6 is 0 Å². The molecule has 0 aromatic heterocycles. The van der Waals surface area contributed by atoms with Gasteiger partial charge in [-0.1, -0.05) is 36.8 Å². The van der Waals surface area contributed by atoms with Crippen LogP contribution in [0.2, 0.25) is 0 Å². The number of nitrogens with zero attached hydrogens (tertiary/aromatic N) is 1. The van der Waals surface area contributed by atoms with Gasteiger partial charge in [0.2, 0.25) is 0 Å². The van der Waals surface area contributed by atoms with Crippen LogP contribution in [0.3, 0.4) is 0 Å². The zero-order valence-electron chi connectivity index (χ0n) is 14.5. The quantitative estimate of drug-likeness (QED) is 0.450. The standard InChI is InChI=1S/C20H25NO3/c1-15-11-16-7-8-20(12-15,13-16)9-10-24-21(2)19(23)18-6-4-3-5-17(18)14-22/h3-7,14-15H,8-13H2,1-2H3. The van der Waals surface area contributed by atoms with E-state index in [2.05, 4.69) is 13.0 Å². The molecule has 0 spiro atoms. The fraction of sp³-hybridized carbons (Fsp3) is 0.500. The Hall–Kier alpha value is -1.94. The highest BCUT2D eigenvalue weighted by molar-refractivity contribution is 6.00. The fourth-order valence-electron chi connectivity index (χ4n) is 4.27. The first-order chi connectivity index (χ1) is 11.5. The summed E-state index contributed by atoms with van der Waals surface area (Å²) in [5.74, 6) is 0.462. The van der Waals surface area contributed by atoms with Gasteiger partial charge in [0, 0.05) is 12.6 Å². The van der Waals surface area contributed by atoms with Gasteiger partial charge in [-0.25, -0.2) is 5.06 Å².